The van der Waals surface area contributed by atoms with Gasteiger partial charge in [0.25, 0.3) is 5.56 Å². The first-order valence-electron chi connectivity index (χ1n) is 8.59. The fourth-order valence-corrected chi connectivity index (χ4v) is 2.67. The van der Waals surface area contributed by atoms with Crippen LogP contribution in [0.4, 0.5) is 17.5 Å². The SMILES string of the molecule is Nc1nc(Nc2ccc(Oc3cc[nH]c(=O)c3)cc2)cc(-c2ccccc2)n1. The summed E-state index contributed by atoms with van der Waals surface area (Å²) >= 11 is 0. The molecule has 138 valence electrons. The van der Waals surface area contributed by atoms with Crippen LogP contribution >= 0.6 is 0 Å². The third-order valence-electron chi connectivity index (χ3n) is 3.92. The summed E-state index contributed by atoms with van der Waals surface area (Å²) in [6, 6.07) is 22.0. The number of H-pyrrole nitrogens is 1. The number of aromatic nitrogens is 3. The van der Waals surface area contributed by atoms with Crippen molar-refractivity contribution in [3.05, 3.63) is 89.3 Å². The third-order valence-corrected chi connectivity index (χ3v) is 3.92. The van der Waals surface area contributed by atoms with Crippen LogP contribution in [0.5, 0.6) is 11.5 Å². The zero-order valence-electron chi connectivity index (χ0n) is 14.8. The number of benzene rings is 2. The van der Waals surface area contributed by atoms with Gasteiger partial charge < -0.3 is 20.8 Å². The monoisotopic (exact) mass is 371 g/mol. The summed E-state index contributed by atoms with van der Waals surface area (Å²) in [4.78, 5) is 22.4. The summed E-state index contributed by atoms with van der Waals surface area (Å²) in [5.74, 6) is 1.87. The van der Waals surface area contributed by atoms with Gasteiger partial charge in [-0.3, -0.25) is 4.79 Å². The highest BCUT2D eigenvalue weighted by atomic mass is 16.5. The van der Waals surface area contributed by atoms with Gasteiger partial charge in [-0.15, -0.1) is 0 Å². The Bertz CT molecular complexity index is 1140. The molecule has 0 aliphatic carbocycles. The van der Waals surface area contributed by atoms with Crippen LogP contribution in [0.3, 0.4) is 0 Å². The molecule has 0 fully saturated rings. The molecule has 2 aromatic heterocycles. The van der Waals surface area contributed by atoms with Crippen LogP contribution in [0.1, 0.15) is 0 Å². The number of nitrogen functional groups attached to an aromatic ring is 1. The molecule has 4 aromatic rings. The maximum Gasteiger partial charge on any atom is 0.251 e. The van der Waals surface area contributed by atoms with Crippen molar-refractivity contribution in [3.8, 4) is 22.8 Å². The van der Waals surface area contributed by atoms with Gasteiger partial charge >= 0.3 is 0 Å². The molecular formula is C21H17N5O2. The Morgan fingerprint density at radius 3 is 2.43 bits per heavy atom. The van der Waals surface area contributed by atoms with E-state index in [1.54, 1.807) is 18.2 Å². The predicted molar refractivity (Wildman–Crippen MR) is 109 cm³/mol. The average Bonchev–Trinajstić information content (AvgIpc) is 2.70. The standard InChI is InChI=1S/C21H17N5O2/c22-21-25-18(14-4-2-1-3-5-14)13-19(26-21)24-15-6-8-16(9-7-15)28-17-10-11-23-20(27)12-17/h1-13H,(H,23,27)(H3,22,24,25,26). The van der Waals surface area contributed by atoms with Gasteiger partial charge in [0, 0.05) is 29.6 Å². The van der Waals surface area contributed by atoms with E-state index in [-0.39, 0.29) is 11.5 Å². The van der Waals surface area contributed by atoms with Crippen molar-refractivity contribution in [2.45, 2.75) is 0 Å². The van der Waals surface area contributed by atoms with Crippen LogP contribution in [-0.2, 0) is 0 Å². The van der Waals surface area contributed by atoms with Crippen LogP contribution in [-0.4, -0.2) is 15.0 Å². The Hall–Kier alpha value is -4.13. The molecule has 0 saturated carbocycles. The highest BCUT2D eigenvalue weighted by molar-refractivity contribution is 5.67. The largest absolute Gasteiger partial charge is 0.457 e. The Labute approximate surface area is 160 Å². The average molecular weight is 371 g/mol. The molecule has 0 saturated heterocycles. The number of hydrogen-bond donors (Lipinski definition) is 3. The molecular weight excluding hydrogens is 354 g/mol. The van der Waals surface area contributed by atoms with E-state index in [2.05, 4.69) is 20.3 Å². The zero-order valence-corrected chi connectivity index (χ0v) is 14.8. The minimum absolute atomic E-state index is 0.193. The summed E-state index contributed by atoms with van der Waals surface area (Å²) < 4.78 is 5.67. The van der Waals surface area contributed by atoms with E-state index in [4.69, 9.17) is 10.5 Å². The number of anilines is 3. The van der Waals surface area contributed by atoms with E-state index in [0.717, 1.165) is 16.9 Å². The van der Waals surface area contributed by atoms with Crippen LogP contribution in [0.25, 0.3) is 11.3 Å². The molecule has 7 nitrogen and oxygen atoms in total. The molecule has 0 aliphatic heterocycles. The van der Waals surface area contributed by atoms with E-state index in [1.165, 1.54) is 12.3 Å². The molecule has 2 aromatic carbocycles. The number of pyridine rings is 1. The summed E-state index contributed by atoms with van der Waals surface area (Å²) in [5, 5.41) is 3.21. The van der Waals surface area contributed by atoms with E-state index < -0.39 is 0 Å². The lowest BCUT2D eigenvalue weighted by Gasteiger charge is -2.10. The maximum absolute atomic E-state index is 11.3. The number of nitrogens with zero attached hydrogens (tertiary/aromatic N) is 2. The molecule has 0 radical (unpaired) electrons. The third kappa shape index (κ3) is 4.16. The summed E-state index contributed by atoms with van der Waals surface area (Å²) in [7, 11) is 0. The van der Waals surface area contributed by atoms with Gasteiger partial charge in [0.1, 0.15) is 17.3 Å². The molecule has 4 N–H and O–H groups in total. The first-order valence-corrected chi connectivity index (χ1v) is 8.59. The molecule has 28 heavy (non-hydrogen) atoms. The summed E-state index contributed by atoms with van der Waals surface area (Å²) in [6.45, 7) is 0. The first kappa shape index (κ1) is 17.3. The van der Waals surface area contributed by atoms with Crippen molar-refractivity contribution >= 4 is 17.5 Å². The Kier molecular flexibility index (Phi) is 4.71. The highest BCUT2D eigenvalue weighted by Gasteiger charge is 2.06. The smallest absolute Gasteiger partial charge is 0.251 e. The van der Waals surface area contributed by atoms with Crippen LogP contribution < -0.4 is 21.3 Å². The molecule has 0 aliphatic rings. The van der Waals surface area contributed by atoms with Gasteiger partial charge in [0.2, 0.25) is 5.95 Å². The Morgan fingerprint density at radius 2 is 1.68 bits per heavy atom. The number of hydrogen-bond acceptors (Lipinski definition) is 6. The molecule has 2 heterocycles. The van der Waals surface area contributed by atoms with E-state index >= 15 is 0 Å². The molecule has 4 rings (SSSR count). The molecule has 7 heteroatoms. The lowest BCUT2D eigenvalue weighted by Crippen LogP contribution is -2.02. The highest BCUT2D eigenvalue weighted by Crippen LogP contribution is 2.25. The molecule has 0 spiro atoms. The van der Waals surface area contributed by atoms with Gasteiger partial charge in [-0.05, 0) is 30.3 Å². The maximum atomic E-state index is 11.3. The number of nitrogens with one attached hydrogen (secondary N) is 2. The van der Waals surface area contributed by atoms with Gasteiger partial charge in [-0.1, -0.05) is 30.3 Å². The Morgan fingerprint density at radius 1 is 0.893 bits per heavy atom. The van der Waals surface area contributed by atoms with Gasteiger partial charge in [0.15, 0.2) is 0 Å². The molecule has 0 unspecified atom stereocenters. The fourth-order valence-electron chi connectivity index (χ4n) is 2.67. The number of ether oxygens (including phenoxy) is 1. The number of rotatable bonds is 5. The summed E-state index contributed by atoms with van der Waals surface area (Å²) in [6.07, 6.45) is 1.54. The number of aromatic amines is 1. The topological polar surface area (TPSA) is 106 Å². The van der Waals surface area contributed by atoms with E-state index in [9.17, 15) is 4.79 Å². The van der Waals surface area contributed by atoms with Crippen molar-refractivity contribution in [2.24, 2.45) is 0 Å². The van der Waals surface area contributed by atoms with Gasteiger partial charge in [0.05, 0.1) is 5.69 Å². The van der Waals surface area contributed by atoms with Crippen LogP contribution in [0, 0.1) is 0 Å². The molecule has 0 bridgehead atoms. The second kappa shape index (κ2) is 7.63. The van der Waals surface area contributed by atoms with Gasteiger partial charge in [-0.2, -0.15) is 4.98 Å². The normalized spacial score (nSPS) is 10.4. The van der Waals surface area contributed by atoms with Crippen LogP contribution in [0.15, 0.2) is 83.8 Å². The molecule has 0 amide bonds. The van der Waals surface area contributed by atoms with Crippen molar-refractivity contribution in [2.75, 3.05) is 11.1 Å². The fraction of sp³-hybridized carbons (Fsp3) is 0. The minimum Gasteiger partial charge on any atom is -0.457 e. The minimum atomic E-state index is -0.216. The lowest BCUT2D eigenvalue weighted by atomic mass is 10.1. The predicted octanol–water partition coefficient (Wildman–Crippen LogP) is 3.95. The van der Waals surface area contributed by atoms with Crippen molar-refractivity contribution in [1.82, 2.24) is 15.0 Å². The zero-order chi connectivity index (χ0) is 19.3. The van der Waals surface area contributed by atoms with E-state index in [1.807, 2.05) is 48.5 Å². The lowest BCUT2D eigenvalue weighted by molar-refractivity contribution is 0.481. The second-order valence-electron chi connectivity index (χ2n) is 6.00. The summed E-state index contributed by atoms with van der Waals surface area (Å²) in [5.41, 5.74) is 8.16. The molecule has 0 atom stereocenters. The van der Waals surface area contributed by atoms with Crippen molar-refractivity contribution < 1.29 is 4.74 Å². The van der Waals surface area contributed by atoms with Crippen molar-refractivity contribution in [3.63, 3.8) is 0 Å². The van der Waals surface area contributed by atoms with Crippen molar-refractivity contribution in [1.29, 1.82) is 0 Å². The van der Waals surface area contributed by atoms with Crippen LogP contribution in [0.2, 0.25) is 0 Å². The van der Waals surface area contributed by atoms with E-state index in [0.29, 0.717) is 17.3 Å². The van der Waals surface area contributed by atoms with Gasteiger partial charge in [-0.25, -0.2) is 4.98 Å². The quantitative estimate of drug-likeness (QED) is 0.490. The Balaban J connectivity index is 1.51. The number of nitrogens with two attached hydrogens (primary N) is 1. The second-order valence-corrected chi connectivity index (χ2v) is 6.00. The first-order chi connectivity index (χ1) is 13.7.